The number of nitrogens with one attached hydrogen (secondary N) is 2. The Balaban J connectivity index is 2.66. The molecule has 0 aliphatic heterocycles. The predicted octanol–water partition coefficient (Wildman–Crippen LogP) is 2.47. The summed E-state index contributed by atoms with van der Waals surface area (Å²) in [7, 11) is 0. The van der Waals surface area contributed by atoms with Crippen molar-refractivity contribution in [1.82, 2.24) is 10.6 Å². The molecule has 1 aromatic rings. The first-order valence-corrected chi connectivity index (χ1v) is 7.37. The van der Waals surface area contributed by atoms with Crippen molar-refractivity contribution < 1.29 is 13.9 Å². The zero-order chi connectivity index (χ0) is 15.8. The summed E-state index contributed by atoms with van der Waals surface area (Å²) in [6.07, 6.45) is -0.650. The highest BCUT2D eigenvalue weighted by atomic mass is 19.1. The van der Waals surface area contributed by atoms with Crippen LogP contribution >= 0.6 is 0 Å². The van der Waals surface area contributed by atoms with Crippen molar-refractivity contribution in [3.8, 4) is 5.75 Å². The minimum atomic E-state index is -0.650. The first kappa shape index (κ1) is 17.4. The molecule has 2 N–H and O–H groups in total. The number of amides is 1. The summed E-state index contributed by atoms with van der Waals surface area (Å²) >= 11 is 0. The van der Waals surface area contributed by atoms with Crippen molar-refractivity contribution in [1.29, 1.82) is 0 Å². The molecular weight excluding hydrogens is 271 g/mol. The molecule has 21 heavy (non-hydrogen) atoms. The molecule has 0 saturated heterocycles. The lowest BCUT2D eigenvalue weighted by molar-refractivity contribution is -0.127. The quantitative estimate of drug-likeness (QED) is 0.775. The van der Waals surface area contributed by atoms with Gasteiger partial charge in [0.1, 0.15) is 11.6 Å². The Morgan fingerprint density at radius 1 is 1.29 bits per heavy atom. The molecule has 0 heterocycles. The van der Waals surface area contributed by atoms with E-state index in [0.717, 1.165) is 12.1 Å². The molecule has 1 unspecified atom stereocenters. The third-order valence-electron chi connectivity index (χ3n) is 2.85. The van der Waals surface area contributed by atoms with E-state index in [9.17, 15) is 9.18 Å². The van der Waals surface area contributed by atoms with Crippen LogP contribution in [0.4, 0.5) is 4.39 Å². The van der Waals surface area contributed by atoms with Gasteiger partial charge in [-0.2, -0.15) is 0 Å². The average molecular weight is 296 g/mol. The SMILES string of the molecule is CCNC(=O)C(C)Oc1cc(F)cc(CNCC(C)C)c1. The predicted molar refractivity (Wildman–Crippen MR) is 81.7 cm³/mol. The molecule has 118 valence electrons. The number of hydrogen-bond donors (Lipinski definition) is 2. The Labute approximate surface area is 126 Å². The van der Waals surface area contributed by atoms with E-state index in [1.807, 2.05) is 6.92 Å². The van der Waals surface area contributed by atoms with E-state index in [4.69, 9.17) is 4.74 Å². The molecule has 0 fully saturated rings. The van der Waals surface area contributed by atoms with Crippen molar-refractivity contribution in [2.75, 3.05) is 13.1 Å². The normalized spacial score (nSPS) is 12.3. The second kappa shape index (κ2) is 8.62. The van der Waals surface area contributed by atoms with Gasteiger partial charge in [-0.05, 0) is 44.0 Å². The van der Waals surface area contributed by atoms with Gasteiger partial charge < -0.3 is 15.4 Å². The summed E-state index contributed by atoms with van der Waals surface area (Å²) < 4.78 is 19.1. The van der Waals surface area contributed by atoms with Crippen LogP contribution in [0.25, 0.3) is 0 Å². The molecule has 0 saturated carbocycles. The lowest BCUT2D eigenvalue weighted by Crippen LogP contribution is -2.36. The smallest absolute Gasteiger partial charge is 0.260 e. The van der Waals surface area contributed by atoms with Crippen molar-refractivity contribution in [3.05, 3.63) is 29.6 Å². The molecule has 0 aliphatic carbocycles. The second-order valence-electron chi connectivity index (χ2n) is 5.47. The molecule has 0 aliphatic rings. The van der Waals surface area contributed by atoms with E-state index in [-0.39, 0.29) is 11.7 Å². The molecule has 0 radical (unpaired) electrons. The minimum Gasteiger partial charge on any atom is -0.481 e. The van der Waals surface area contributed by atoms with Crippen molar-refractivity contribution in [2.45, 2.75) is 40.3 Å². The van der Waals surface area contributed by atoms with Crippen LogP contribution in [-0.4, -0.2) is 25.1 Å². The summed E-state index contributed by atoms with van der Waals surface area (Å²) in [5.74, 6) is 0.334. The van der Waals surface area contributed by atoms with Crippen LogP contribution in [-0.2, 0) is 11.3 Å². The fourth-order valence-corrected chi connectivity index (χ4v) is 1.87. The topological polar surface area (TPSA) is 50.4 Å². The van der Waals surface area contributed by atoms with Gasteiger partial charge in [0.05, 0.1) is 0 Å². The highest BCUT2D eigenvalue weighted by Crippen LogP contribution is 2.18. The van der Waals surface area contributed by atoms with Gasteiger partial charge in [0.2, 0.25) is 0 Å². The molecule has 4 nitrogen and oxygen atoms in total. The second-order valence-corrected chi connectivity index (χ2v) is 5.47. The van der Waals surface area contributed by atoms with Crippen LogP contribution in [0.15, 0.2) is 18.2 Å². The van der Waals surface area contributed by atoms with Crippen LogP contribution < -0.4 is 15.4 Å². The number of rotatable bonds is 8. The van der Waals surface area contributed by atoms with E-state index < -0.39 is 6.10 Å². The number of carbonyl (C=O) groups is 1. The largest absolute Gasteiger partial charge is 0.481 e. The van der Waals surface area contributed by atoms with Gasteiger partial charge in [0, 0.05) is 19.2 Å². The first-order chi connectivity index (χ1) is 9.92. The minimum absolute atomic E-state index is 0.207. The zero-order valence-electron chi connectivity index (χ0n) is 13.2. The Morgan fingerprint density at radius 3 is 2.62 bits per heavy atom. The van der Waals surface area contributed by atoms with Gasteiger partial charge in [-0.25, -0.2) is 4.39 Å². The van der Waals surface area contributed by atoms with E-state index in [0.29, 0.717) is 24.8 Å². The monoisotopic (exact) mass is 296 g/mol. The summed E-state index contributed by atoms with van der Waals surface area (Å²) in [5, 5.41) is 5.92. The maximum Gasteiger partial charge on any atom is 0.260 e. The van der Waals surface area contributed by atoms with Crippen molar-refractivity contribution in [2.24, 2.45) is 5.92 Å². The fraction of sp³-hybridized carbons (Fsp3) is 0.562. The number of ether oxygens (including phenoxy) is 1. The van der Waals surface area contributed by atoms with Crippen LogP contribution in [0.5, 0.6) is 5.75 Å². The average Bonchev–Trinajstić information content (AvgIpc) is 2.37. The fourth-order valence-electron chi connectivity index (χ4n) is 1.87. The molecule has 0 spiro atoms. The molecule has 0 aromatic heterocycles. The van der Waals surface area contributed by atoms with Gasteiger partial charge >= 0.3 is 0 Å². The number of halogens is 1. The molecular formula is C16H25FN2O2. The van der Waals surface area contributed by atoms with Crippen LogP contribution in [0.1, 0.15) is 33.3 Å². The third-order valence-corrected chi connectivity index (χ3v) is 2.85. The first-order valence-electron chi connectivity index (χ1n) is 7.37. The number of hydrogen-bond acceptors (Lipinski definition) is 3. The maximum atomic E-state index is 13.6. The third kappa shape index (κ3) is 6.58. The van der Waals surface area contributed by atoms with Gasteiger partial charge in [-0.15, -0.1) is 0 Å². The molecule has 5 heteroatoms. The van der Waals surface area contributed by atoms with Crippen molar-refractivity contribution >= 4 is 5.91 Å². The summed E-state index contributed by atoms with van der Waals surface area (Å²) in [6, 6.07) is 4.52. The molecule has 1 atom stereocenters. The number of carbonyl (C=O) groups excluding carboxylic acids is 1. The maximum absolute atomic E-state index is 13.6. The van der Waals surface area contributed by atoms with Gasteiger partial charge in [0.15, 0.2) is 6.10 Å². The van der Waals surface area contributed by atoms with Gasteiger partial charge in [0.25, 0.3) is 5.91 Å². The van der Waals surface area contributed by atoms with E-state index in [1.54, 1.807) is 13.0 Å². The Hall–Kier alpha value is -1.62. The Kier molecular flexibility index (Phi) is 7.15. The Bertz CT molecular complexity index is 464. The molecule has 1 aromatic carbocycles. The number of likely N-dealkylation sites (N-methyl/N-ethyl adjacent to an activating group) is 1. The van der Waals surface area contributed by atoms with Gasteiger partial charge in [-0.3, -0.25) is 4.79 Å². The van der Waals surface area contributed by atoms with Gasteiger partial charge in [-0.1, -0.05) is 13.8 Å². The molecule has 1 rings (SSSR count). The van der Waals surface area contributed by atoms with Crippen LogP contribution in [0.3, 0.4) is 0 Å². The molecule has 1 amide bonds. The lowest BCUT2D eigenvalue weighted by Gasteiger charge is -2.15. The highest BCUT2D eigenvalue weighted by Gasteiger charge is 2.14. The summed E-state index contributed by atoms with van der Waals surface area (Å²) in [5.41, 5.74) is 0.800. The van der Waals surface area contributed by atoms with Crippen molar-refractivity contribution in [3.63, 3.8) is 0 Å². The molecule has 0 bridgehead atoms. The van der Waals surface area contributed by atoms with E-state index in [1.165, 1.54) is 12.1 Å². The van der Waals surface area contributed by atoms with E-state index >= 15 is 0 Å². The van der Waals surface area contributed by atoms with E-state index in [2.05, 4.69) is 24.5 Å². The standard InChI is InChI=1S/C16H25FN2O2/c1-5-19-16(20)12(4)21-15-7-13(6-14(17)8-15)10-18-9-11(2)3/h6-8,11-12,18H,5,9-10H2,1-4H3,(H,19,20). The Morgan fingerprint density at radius 2 is 2.00 bits per heavy atom. The highest BCUT2D eigenvalue weighted by molar-refractivity contribution is 5.80. The lowest BCUT2D eigenvalue weighted by atomic mass is 10.2. The van der Waals surface area contributed by atoms with Crippen LogP contribution in [0, 0.1) is 11.7 Å². The summed E-state index contributed by atoms with van der Waals surface area (Å²) in [4.78, 5) is 11.6. The zero-order valence-corrected chi connectivity index (χ0v) is 13.2. The summed E-state index contributed by atoms with van der Waals surface area (Å²) in [6.45, 7) is 9.68. The van der Waals surface area contributed by atoms with Crippen LogP contribution in [0.2, 0.25) is 0 Å². The number of benzene rings is 1.